The SMILES string of the molecule is CC(C)CC(C)C(C)CC(C)CS. The normalized spacial score (nSPS) is 18.7. The summed E-state index contributed by atoms with van der Waals surface area (Å²) in [6.45, 7) is 11.7. The fraction of sp³-hybridized carbons (Fsp3) is 1.00. The summed E-state index contributed by atoms with van der Waals surface area (Å²) >= 11 is 4.33. The van der Waals surface area contributed by atoms with Crippen LogP contribution in [0.3, 0.4) is 0 Å². The second-order valence-corrected chi connectivity index (χ2v) is 5.47. The first-order valence-electron chi connectivity index (χ1n) is 5.58. The molecule has 0 saturated carbocycles. The van der Waals surface area contributed by atoms with Crippen LogP contribution in [0.25, 0.3) is 0 Å². The Morgan fingerprint density at radius 1 is 0.846 bits per heavy atom. The minimum Gasteiger partial charge on any atom is -0.179 e. The Bertz CT molecular complexity index is 120. The van der Waals surface area contributed by atoms with Gasteiger partial charge in [0.2, 0.25) is 0 Å². The van der Waals surface area contributed by atoms with E-state index in [0.29, 0.717) is 0 Å². The van der Waals surface area contributed by atoms with Gasteiger partial charge in [-0.15, -0.1) is 0 Å². The van der Waals surface area contributed by atoms with Gasteiger partial charge < -0.3 is 0 Å². The van der Waals surface area contributed by atoms with Crippen LogP contribution in [0.5, 0.6) is 0 Å². The van der Waals surface area contributed by atoms with Crippen molar-refractivity contribution < 1.29 is 0 Å². The number of hydrogen-bond donors (Lipinski definition) is 1. The molecule has 0 aliphatic rings. The van der Waals surface area contributed by atoms with E-state index in [0.717, 1.165) is 29.4 Å². The lowest BCUT2D eigenvalue weighted by atomic mass is 9.83. The predicted molar refractivity (Wildman–Crippen MR) is 65.4 cm³/mol. The highest BCUT2D eigenvalue weighted by atomic mass is 32.1. The summed E-state index contributed by atoms with van der Waals surface area (Å²) in [6, 6.07) is 0. The topological polar surface area (TPSA) is 0 Å². The van der Waals surface area contributed by atoms with Gasteiger partial charge in [-0.25, -0.2) is 0 Å². The van der Waals surface area contributed by atoms with E-state index in [9.17, 15) is 0 Å². The zero-order chi connectivity index (χ0) is 10.4. The fourth-order valence-electron chi connectivity index (χ4n) is 1.92. The van der Waals surface area contributed by atoms with Crippen molar-refractivity contribution in [1.82, 2.24) is 0 Å². The Morgan fingerprint density at radius 3 is 1.69 bits per heavy atom. The van der Waals surface area contributed by atoms with Gasteiger partial charge in [0.1, 0.15) is 0 Å². The molecule has 0 aromatic rings. The molecule has 0 rings (SSSR count). The van der Waals surface area contributed by atoms with Gasteiger partial charge in [0.15, 0.2) is 0 Å². The molecule has 0 radical (unpaired) electrons. The molecule has 0 spiro atoms. The largest absolute Gasteiger partial charge is 0.179 e. The highest BCUT2D eigenvalue weighted by molar-refractivity contribution is 7.80. The van der Waals surface area contributed by atoms with Crippen molar-refractivity contribution >= 4 is 12.6 Å². The molecule has 0 amide bonds. The van der Waals surface area contributed by atoms with Gasteiger partial charge in [0.05, 0.1) is 0 Å². The maximum Gasteiger partial charge on any atom is -0.00720 e. The van der Waals surface area contributed by atoms with E-state index in [1.807, 2.05) is 0 Å². The van der Waals surface area contributed by atoms with Crippen molar-refractivity contribution in [3.8, 4) is 0 Å². The quantitative estimate of drug-likeness (QED) is 0.611. The van der Waals surface area contributed by atoms with Crippen LogP contribution in [0, 0.1) is 23.7 Å². The van der Waals surface area contributed by atoms with Crippen molar-refractivity contribution in [1.29, 1.82) is 0 Å². The van der Waals surface area contributed by atoms with Crippen LogP contribution >= 0.6 is 12.6 Å². The van der Waals surface area contributed by atoms with Gasteiger partial charge in [-0.1, -0.05) is 34.6 Å². The van der Waals surface area contributed by atoms with Gasteiger partial charge in [0, 0.05) is 0 Å². The van der Waals surface area contributed by atoms with Gasteiger partial charge in [-0.3, -0.25) is 0 Å². The average Bonchev–Trinajstić information content (AvgIpc) is 2.02. The third-order valence-corrected chi connectivity index (χ3v) is 3.52. The van der Waals surface area contributed by atoms with Crippen LogP contribution in [0.2, 0.25) is 0 Å². The Hall–Kier alpha value is 0.350. The summed E-state index contributed by atoms with van der Waals surface area (Å²) in [5, 5.41) is 0. The highest BCUT2D eigenvalue weighted by Crippen LogP contribution is 2.25. The van der Waals surface area contributed by atoms with Crippen LogP contribution < -0.4 is 0 Å². The minimum atomic E-state index is 0.771. The third-order valence-electron chi connectivity index (χ3n) is 2.90. The maximum atomic E-state index is 4.33. The zero-order valence-electron chi connectivity index (χ0n) is 9.88. The molecular weight excluding hydrogens is 176 g/mol. The van der Waals surface area contributed by atoms with E-state index in [-0.39, 0.29) is 0 Å². The molecule has 0 aliphatic carbocycles. The molecule has 0 aliphatic heterocycles. The minimum absolute atomic E-state index is 0.771. The van der Waals surface area contributed by atoms with Crippen LogP contribution in [0.4, 0.5) is 0 Å². The molecule has 13 heavy (non-hydrogen) atoms. The van der Waals surface area contributed by atoms with Gasteiger partial charge in [0.25, 0.3) is 0 Å². The van der Waals surface area contributed by atoms with Crippen LogP contribution in [0.1, 0.15) is 47.5 Å². The fourth-order valence-corrected chi connectivity index (χ4v) is 2.07. The molecule has 3 atom stereocenters. The Balaban J connectivity index is 3.74. The standard InChI is InChI=1S/C12H26S/c1-9(2)6-11(4)12(5)7-10(3)8-13/h9-13H,6-8H2,1-5H3. The van der Waals surface area contributed by atoms with E-state index in [1.54, 1.807) is 0 Å². The van der Waals surface area contributed by atoms with Crippen LogP contribution in [-0.2, 0) is 0 Å². The van der Waals surface area contributed by atoms with Gasteiger partial charge in [-0.2, -0.15) is 12.6 Å². The first-order valence-corrected chi connectivity index (χ1v) is 6.21. The molecule has 1 heteroatoms. The summed E-state index contributed by atoms with van der Waals surface area (Å²) < 4.78 is 0. The molecule has 0 fully saturated rings. The summed E-state index contributed by atoms with van der Waals surface area (Å²) in [4.78, 5) is 0. The van der Waals surface area contributed by atoms with Crippen LogP contribution in [0.15, 0.2) is 0 Å². The van der Waals surface area contributed by atoms with Crippen molar-refractivity contribution in [2.24, 2.45) is 23.7 Å². The molecule has 0 saturated heterocycles. The van der Waals surface area contributed by atoms with E-state index < -0.39 is 0 Å². The molecule has 0 bridgehead atoms. The van der Waals surface area contributed by atoms with Gasteiger partial charge in [-0.05, 0) is 42.3 Å². The summed E-state index contributed by atoms with van der Waals surface area (Å²) in [6.07, 6.45) is 2.69. The molecule has 0 N–H and O–H groups in total. The third kappa shape index (κ3) is 6.42. The second kappa shape index (κ2) is 6.75. The van der Waals surface area contributed by atoms with E-state index in [4.69, 9.17) is 0 Å². The Morgan fingerprint density at radius 2 is 1.31 bits per heavy atom. The summed E-state index contributed by atoms with van der Waals surface area (Å²) in [5.41, 5.74) is 0. The van der Waals surface area contributed by atoms with E-state index in [1.165, 1.54) is 12.8 Å². The van der Waals surface area contributed by atoms with Crippen LogP contribution in [-0.4, -0.2) is 5.75 Å². The van der Waals surface area contributed by atoms with Crippen molar-refractivity contribution in [3.05, 3.63) is 0 Å². The molecular formula is C12H26S. The lowest BCUT2D eigenvalue weighted by Crippen LogP contribution is -2.14. The second-order valence-electron chi connectivity index (χ2n) is 5.11. The number of rotatable bonds is 6. The summed E-state index contributed by atoms with van der Waals surface area (Å²) in [7, 11) is 0. The lowest BCUT2D eigenvalue weighted by molar-refractivity contribution is 0.283. The first kappa shape index (κ1) is 13.4. The smallest absolute Gasteiger partial charge is 0.00720 e. The van der Waals surface area contributed by atoms with Crippen molar-refractivity contribution in [2.75, 3.05) is 5.75 Å². The summed E-state index contributed by atoms with van der Waals surface area (Å²) in [5.74, 6) is 4.35. The van der Waals surface area contributed by atoms with E-state index in [2.05, 4.69) is 47.2 Å². The average molecular weight is 202 g/mol. The lowest BCUT2D eigenvalue weighted by Gasteiger charge is -2.23. The van der Waals surface area contributed by atoms with E-state index >= 15 is 0 Å². The molecule has 3 unspecified atom stereocenters. The molecule has 0 aromatic carbocycles. The van der Waals surface area contributed by atoms with Crippen molar-refractivity contribution in [2.45, 2.75) is 47.5 Å². The molecule has 0 heterocycles. The first-order chi connectivity index (χ1) is 5.97. The monoisotopic (exact) mass is 202 g/mol. The Kier molecular flexibility index (Phi) is 6.93. The molecule has 0 nitrogen and oxygen atoms in total. The Labute approximate surface area is 89.9 Å². The number of hydrogen-bond acceptors (Lipinski definition) is 1. The number of thiol groups is 1. The van der Waals surface area contributed by atoms with Gasteiger partial charge >= 0.3 is 0 Å². The van der Waals surface area contributed by atoms with Crippen molar-refractivity contribution in [3.63, 3.8) is 0 Å². The predicted octanol–water partition coefficient (Wildman–Crippen LogP) is 4.26. The maximum absolute atomic E-state index is 4.33. The molecule has 0 aromatic heterocycles. The molecule has 80 valence electrons. The zero-order valence-corrected chi connectivity index (χ0v) is 10.8. The highest BCUT2D eigenvalue weighted by Gasteiger charge is 2.15.